The Morgan fingerprint density at radius 1 is 1.36 bits per heavy atom. The first-order chi connectivity index (χ1) is 10.3. The van der Waals surface area contributed by atoms with E-state index in [0.29, 0.717) is 0 Å². The highest BCUT2D eigenvalue weighted by Crippen LogP contribution is 2.28. The minimum atomic E-state index is -4.65. The zero-order valence-corrected chi connectivity index (χ0v) is 12.9. The fraction of sp³-hybridized carbons (Fsp3) is 0.286. The number of carbonyl (C=O) groups excluding carboxylic acids is 1. The lowest BCUT2D eigenvalue weighted by Crippen LogP contribution is -2.32. The van der Waals surface area contributed by atoms with Gasteiger partial charge in [-0.05, 0) is 12.5 Å². The number of carbonyl (C=O) groups is 1. The zero-order valence-electron chi connectivity index (χ0n) is 12.1. The standard InChI is InChI=1S/C14H16N2O5S/c1-3-21-14(17)11-9-16(2)12(10-7-5-4-6-8-10)15-13(11)22(18,19)20/h4-9,12H,3H2,1-2H3,(H,18,19,20). The molecule has 0 aliphatic carbocycles. The van der Waals surface area contributed by atoms with Gasteiger partial charge in [-0.2, -0.15) is 8.42 Å². The third-order valence-electron chi connectivity index (χ3n) is 3.03. The summed E-state index contributed by atoms with van der Waals surface area (Å²) in [6.07, 6.45) is 0.655. The van der Waals surface area contributed by atoms with Crippen LogP contribution in [0.15, 0.2) is 47.1 Å². The summed E-state index contributed by atoms with van der Waals surface area (Å²) >= 11 is 0. The Kier molecular flexibility index (Phi) is 4.62. The van der Waals surface area contributed by atoms with E-state index in [4.69, 9.17) is 4.74 Å². The minimum absolute atomic E-state index is 0.0841. The Morgan fingerprint density at radius 3 is 2.55 bits per heavy atom. The van der Waals surface area contributed by atoms with Gasteiger partial charge in [0.1, 0.15) is 11.7 Å². The van der Waals surface area contributed by atoms with E-state index < -0.39 is 27.3 Å². The highest BCUT2D eigenvalue weighted by atomic mass is 32.2. The molecule has 1 heterocycles. The fourth-order valence-corrected chi connectivity index (χ4v) is 2.74. The molecule has 1 atom stereocenters. The van der Waals surface area contributed by atoms with E-state index in [1.165, 1.54) is 6.20 Å². The summed E-state index contributed by atoms with van der Waals surface area (Å²) in [6, 6.07) is 8.94. The predicted octanol–water partition coefficient (Wildman–Crippen LogP) is 1.36. The van der Waals surface area contributed by atoms with Crippen LogP contribution in [0.1, 0.15) is 18.7 Å². The lowest BCUT2D eigenvalue weighted by atomic mass is 10.1. The van der Waals surface area contributed by atoms with Gasteiger partial charge in [0.15, 0.2) is 5.04 Å². The maximum atomic E-state index is 11.9. The molecule has 0 bridgehead atoms. The molecule has 0 spiro atoms. The molecule has 1 aromatic carbocycles. The van der Waals surface area contributed by atoms with Crippen molar-refractivity contribution in [3.63, 3.8) is 0 Å². The molecule has 2 rings (SSSR count). The van der Waals surface area contributed by atoms with Crippen molar-refractivity contribution in [1.82, 2.24) is 4.90 Å². The Hall–Kier alpha value is -2.19. The summed E-state index contributed by atoms with van der Waals surface area (Å²) in [6.45, 7) is 1.68. The van der Waals surface area contributed by atoms with Crippen molar-refractivity contribution in [3.8, 4) is 0 Å². The van der Waals surface area contributed by atoms with Gasteiger partial charge in [-0.1, -0.05) is 30.3 Å². The highest BCUT2D eigenvalue weighted by molar-refractivity contribution is 8.02. The Balaban J connectivity index is 2.49. The SMILES string of the molecule is CCOC(=O)C1=CN(C)C(c2ccccc2)N=C1S(=O)(=O)O. The van der Waals surface area contributed by atoms with E-state index in [0.717, 1.165) is 5.56 Å². The normalized spacial score (nSPS) is 18.5. The smallest absolute Gasteiger partial charge is 0.342 e. The molecule has 0 amide bonds. The second-order valence-electron chi connectivity index (χ2n) is 4.62. The van der Waals surface area contributed by atoms with Crippen LogP contribution in [-0.4, -0.2) is 42.5 Å². The van der Waals surface area contributed by atoms with Crippen LogP contribution in [-0.2, 0) is 19.6 Å². The van der Waals surface area contributed by atoms with Crippen molar-refractivity contribution < 1.29 is 22.5 Å². The van der Waals surface area contributed by atoms with Crippen molar-refractivity contribution in [3.05, 3.63) is 47.7 Å². The Labute approximate surface area is 128 Å². The van der Waals surface area contributed by atoms with E-state index in [1.54, 1.807) is 43.1 Å². The van der Waals surface area contributed by atoms with E-state index in [1.807, 2.05) is 6.07 Å². The molecule has 0 saturated heterocycles. The second kappa shape index (κ2) is 6.29. The van der Waals surface area contributed by atoms with E-state index in [2.05, 4.69) is 4.99 Å². The van der Waals surface area contributed by atoms with Gasteiger partial charge < -0.3 is 9.64 Å². The largest absolute Gasteiger partial charge is 0.462 e. The number of esters is 1. The maximum absolute atomic E-state index is 11.9. The van der Waals surface area contributed by atoms with Gasteiger partial charge in [-0.15, -0.1) is 0 Å². The van der Waals surface area contributed by atoms with Gasteiger partial charge in [0, 0.05) is 13.2 Å². The number of hydrogen-bond donors (Lipinski definition) is 1. The first-order valence-electron chi connectivity index (χ1n) is 6.56. The van der Waals surface area contributed by atoms with E-state index >= 15 is 0 Å². The number of benzene rings is 1. The predicted molar refractivity (Wildman–Crippen MR) is 80.6 cm³/mol. The van der Waals surface area contributed by atoms with Crippen molar-refractivity contribution >= 4 is 21.1 Å². The first kappa shape index (κ1) is 16.2. The Morgan fingerprint density at radius 2 is 2.00 bits per heavy atom. The molecule has 0 fully saturated rings. The third kappa shape index (κ3) is 3.34. The van der Waals surface area contributed by atoms with Gasteiger partial charge in [0.2, 0.25) is 0 Å². The van der Waals surface area contributed by atoms with Crippen LogP contribution in [0.25, 0.3) is 0 Å². The summed E-state index contributed by atoms with van der Waals surface area (Å²) in [7, 11) is -2.99. The minimum Gasteiger partial charge on any atom is -0.462 e. The molecule has 1 aliphatic rings. The number of nitrogens with zero attached hydrogens (tertiary/aromatic N) is 2. The van der Waals surface area contributed by atoms with Crippen LogP contribution in [0.5, 0.6) is 0 Å². The van der Waals surface area contributed by atoms with Crippen LogP contribution < -0.4 is 0 Å². The summed E-state index contributed by atoms with van der Waals surface area (Å²) in [5.74, 6) is -0.850. The van der Waals surface area contributed by atoms with Crippen LogP contribution in [0.3, 0.4) is 0 Å². The lowest BCUT2D eigenvalue weighted by Gasteiger charge is -2.29. The highest BCUT2D eigenvalue weighted by Gasteiger charge is 2.34. The van der Waals surface area contributed by atoms with Gasteiger partial charge in [0.25, 0.3) is 0 Å². The fourth-order valence-electron chi connectivity index (χ4n) is 2.09. The maximum Gasteiger partial charge on any atom is 0.342 e. The average Bonchev–Trinajstić information content (AvgIpc) is 2.47. The lowest BCUT2D eigenvalue weighted by molar-refractivity contribution is -0.138. The van der Waals surface area contributed by atoms with Crippen molar-refractivity contribution in [2.45, 2.75) is 13.1 Å². The van der Waals surface area contributed by atoms with Crippen molar-refractivity contribution in [2.24, 2.45) is 4.99 Å². The average molecular weight is 324 g/mol. The molecule has 22 heavy (non-hydrogen) atoms. The first-order valence-corrected chi connectivity index (χ1v) is 8.00. The van der Waals surface area contributed by atoms with Gasteiger partial charge in [-0.25, -0.2) is 9.79 Å². The van der Waals surface area contributed by atoms with Gasteiger partial charge in [-0.3, -0.25) is 4.55 Å². The van der Waals surface area contributed by atoms with Crippen LogP contribution in [0.2, 0.25) is 0 Å². The molecule has 1 N–H and O–H groups in total. The second-order valence-corrected chi connectivity index (χ2v) is 5.96. The third-order valence-corrected chi connectivity index (χ3v) is 3.84. The van der Waals surface area contributed by atoms with E-state index in [9.17, 15) is 17.8 Å². The molecule has 7 nitrogen and oxygen atoms in total. The number of rotatable bonds is 3. The molecule has 1 aliphatic heterocycles. The monoisotopic (exact) mass is 324 g/mol. The topological polar surface area (TPSA) is 96.3 Å². The molecule has 118 valence electrons. The van der Waals surface area contributed by atoms with Gasteiger partial charge >= 0.3 is 16.1 Å². The zero-order chi connectivity index (χ0) is 16.3. The summed E-state index contributed by atoms with van der Waals surface area (Å²) in [4.78, 5) is 17.5. The summed E-state index contributed by atoms with van der Waals surface area (Å²) in [5.41, 5.74) is 0.435. The van der Waals surface area contributed by atoms with Gasteiger partial charge in [0.05, 0.1) is 6.61 Å². The summed E-state index contributed by atoms with van der Waals surface area (Å²) in [5, 5.41) is -0.682. The van der Waals surface area contributed by atoms with E-state index in [-0.39, 0.29) is 12.2 Å². The van der Waals surface area contributed by atoms with Crippen molar-refractivity contribution in [2.75, 3.05) is 13.7 Å². The molecule has 8 heteroatoms. The molecule has 1 aromatic rings. The molecule has 1 unspecified atom stereocenters. The Bertz CT molecular complexity index is 725. The number of hydrogen-bond acceptors (Lipinski definition) is 6. The van der Waals surface area contributed by atoms with Crippen LogP contribution in [0, 0.1) is 0 Å². The van der Waals surface area contributed by atoms with Crippen molar-refractivity contribution in [1.29, 1.82) is 0 Å². The molecular weight excluding hydrogens is 308 g/mol. The molecule has 0 radical (unpaired) electrons. The summed E-state index contributed by atoms with van der Waals surface area (Å²) < 4.78 is 37.3. The van der Waals surface area contributed by atoms with Crippen LogP contribution >= 0.6 is 0 Å². The number of aliphatic imine (C=N–C) groups is 1. The molecule has 0 saturated carbocycles. The quantitative estimate of drug-likeness (QED) is 0.666. The van der Waals surface area contributed by atoms with Crippen LogP contribution in [0.4, 0.5) is 0 Å². The molecule has 0 aromatic heterocycles. The number of ether oxygens (including phenoxy) is 1. The molecular formula is C14H16N2O5S.